The molecule has 1 fully saturated rings. The van der Waals surface area contributed by atoms with Crippen LogP contribution in [0.1, 0.15) is 15.9 Å². The molecule has 0 saturated carbocycles. The Morgan fingerprint density at radius 2 is 1.48 bits per heavy atom. The monoisotopic (exact) mass is 488 g/mol. The first-order chi connectivity index (χ1) is 15.5. The molecule has 33 heavy (non-hydrogen) atoms. The van der Waals surface area contributed by atoms with Gasteiger partial charge in [-0.25, -0.2) is 8.42 Å². The number of methoxy groups -OCH3 is 3. The summed E-state index contributed by atoms with van der Waals surface area (Å²) in [6.45, 7) is 0.00482. The summed E-state index contributed by atoms with van der Waals surface area (Å²) in [7, 11) is 0.126. The van der Waals surface area contributed by atoms with Gasteiger partial charge in [-0.2, -0.15) is 17.5 Å². The zero-order chi connectivity index (χ0) is 24.4. The minimum absolute atomic E-state index is 0.0608. The van der Waals surface area contributed by atoms with Gasteiger partial charge in [-0.3, -0.25) is 4.79 Å². The van der Waals surface area contributed by atoms with E-state index >= 15 is 0 Å². The molecule has 0 N–H and O–H groups in total. The van der Waals surface area contributed by atoms with E-state index in [0.29, 0.717) is 23.3 Å². The normalized spacial score (nSPS) is 15.3. The lowest BCUT2D eigenvalue weighted by Gasteiger charge is -2.34. The average molecular weight is 488 g/mol. The summed E-state index contributed by atoms with van der Waals surface area (Å²) in [5.74, 6) is 0.552. The van der Waals surface area contributed by atoms with Gasteiger partial charge in [-0.15, -0.1) is 0 Å². The van der Waals surface area contributed by atoms with Crippen molar-refractivity contribution in [2.75, 3.05) is 47.5 Å². The number of hydrogen-bond acceptors (Lipinski definition) is 6. The van der Waals surface area contributed by atoms with Gasteiger partial charge in [0.15, 0.2) is 11.5 Å². The van der Waals surface area contributed by atoms with Crippen LogP contribution in [-0.4, -0.2) is 71.0 Å². The van der Waals surface area contributed by atoms with Crippen molar-refractivity contribution in [3.63, 3.8) is 0 Å². The van der Waals surface area contributed by atoms with Crippen LogP contribution in [0.3, 0.4) is 0 Å². The molecule has 8 nitrogen and oxygen atoms in total. The van der Waals surface area contributed by atoms with Gasteiger partial charge in [0.1, 0.15) is 0 Å². The topological polar surface area (TPSA) is 85.4 Å². The van der Waals surface area contributed by atoms with E-state index in [1.165, 1.54) is 38.4 Å². The minimum atomic E-state index is -4.66. The second-order valence-corrected chi connectivity index (χ2v) is 9.07. The summed E-state index contributed by atoms with van der Waals surface area (Å²) < 4.78 is 81.5. The maximum Gasteiger partial charge on any atom is 0.416 e. The number of rotatable bonds is 6. The molecule has 1 heterocycles. The van der Waals surface area contributed by atoms with Gasteiger partial charge in [0, 0.05) is 31.7 Å². The van der Waals surface area contributed by atoms with Crippen LogP contribution in [0, 0.1) is 0 Å². The van der Waals surface area contributed by atoms with Crippen LogP contribution in [0.4, 0.5) is 13.2 Å². The largest absolute Gasteiger partial charge is 0.493 e. The molecule has 0 aromatic heterocycles. The van der Waals surface area contributed by atoms with Gasteiger partial charge >= 0.3 is 6.18 Å². The first-order valence-electron chi connectivity index (χ1n) is 9.79. The summed E-state index contributed by atoms with van der Waals surface area (Å²) in [6.07, 6.45) is -4.66. The van der Waals surface area contributed by atoms with E-state index in [4.69, 9.17) is 14.2 Å². The Bertz CT molecular complexity index is 1100. The van der Waals surface area contributed by atoms with Crippen molar-refractivity contribution in [3.05, 3.63) is 47.5 Å². The summed E-state index contributed by atoms with van der Waals surface area (Å²) in [4.78, 5) is 14.0. The van der Waals surface area contributed by atoms with Crippen LogP contribution in [0.5, 0.6) is 17.2 Å². The van der Waals surface area contributed by atoms with Gasteiger partial charge in [-0.1, -0.05) is 6.07 Å². The summed E-state index contributed by atoms with van der Waals surface area (Å²) in [5, 5.41) is 0. The second-order valence-electron chi connectivity index (χ2n) is 7.14. The Hall–Kier alpha value is -2.99. The molecule has 0 unspecified atom stereocenters. The fourth-order valence-corrected chi connectivity index (χ4v) is 4.97. The number of amides is 1. The number of nitrogens with zero attached hydrogens (tertiary/aromatic N) is 2. The fourth-order valence-electron chi connectivity index (χ4n) is 3.50. The zero-order valence-corrected chi connectivity index (χ0v) is 19.0. The lowest BCUT2D eigenvalue weighted by atomic mass is 10.1. The maximum atomic E-state index is 13.0. The Morgan fingerprint density at radius 3 is 1.97 bits per heavy atom. The third-order valence-corrected chi connectivity index (χ3v) is 7.13. The average Bonchev–Trinajstić information content (AvgIpc) is 2.82. The van der Waals surface area contributed by atoms with Crippen LogP contribution in [0.2, 0.25) is 0 Å². The van der Waals surface area contributed by atoms with Crippen molar-refractivity contribution >= 4 is 15.9 Å². The van der Waals surface area contributed by atoms with E-state index in [1.807, 2.05) is 0 Å². The highest BCUT2D eigenvalue weighted by molar-refractivity contribution is 7.89. The standard InChI is InChI=1S/C21H23F3N2O6S/c1-30-17-11-14(12-18(31-2)19(17)32-3)20(27)25-7-9-26(10-8-25)33(28,29)16-6-4-5-15(13-16)21(22,23)24/h4-6,11-13H,7-10H2,1-3H3. The SMILES string of the molecule is COc1cc(C(=O)N2CCN(S(=O)(=O)c3cccc(C(F)(F)F)c3)CC2)cc(OC)c1OC. The molecule has 1 amide bonds. The third-order valence-electron chi connectivity index (χ3n) is 5.24. The molecule has 12 heteroatoms. The predicted octanol–water partition coefficient (Wildman–Crippen LogP) is 2.88. The van der Waals surface area contributed by atoms with E-state index in [1.54, 1.807) is 0 Å². The van der Waals surface area contributed by atoms with Gasteiger partial charge in [0.05, 0.1) is 31.8 Å². The van der Waals surface area contributed by atoms with Gasteiger partial charge in [0.2, 0.25) is 15.8 Å². The van der Waals surface area contributed by atoms with Gasteiger partial charge in [0.25, 0.3) is 5.91 Å². The molecular formula is C21H23F3N2O6S. The molecule has 0 aliphatic carbocycles. The van der Waals surface area contributed by atoms with E-state index < -0.39 is 26.7 Å². The van der Waals surface area contributed by atoms with Crippen LogP contribution >= 0.6 is 0 Å². The fraction of sp³-hybridized carbons (Fsp3) is 0.381. The lowest BCUT2D eigenvalue weighted by Crippen LogP contribution is -2.50. The highest BCUT2D eigenvalue weighted by Gasteiger charge is 2.34. The number of hydrogen-bond donors (Lipinski definition) is 0. The Labute approximate surface area is 189 Å². The Kier molecular flexibility index (Phi) is 7.08. The van der Waals surface area contributed by atoms with E-state index in [9.17, 15) is 26.4 Å². The third kappa shape index (κ3) is 5.01. The first-order valence-corrected chi connectivity index (χ1v) is 11.2. The van der Waals surface area contributed by atoms with Crippen molar-refractivity contribution in [3.8, 4) is 17.2 Å². The number of ether oxygens (including phenoxy) is 3. The van der Waals surface area contributed by atoms with Crippen molar-refractivity contribution < 1.29 is 40.6 Å². The molecule has 2 aromatic rings. The summed E-state index contributed by atoms with van der Waals surface area (Å²) >= 11 is 0. The quantitative estimate of drug-likeness (QED) is 0.622. The lowest BCUT2D eigenvalue weighted by molar-refractivity contribution is -0.137. The first kappa shape index (κ1) is 24.6. The number of sulfonamides is 1. The predicted molar refractivity (Wildman–Crippen MR) is 112 cm³/mol. The molecular weight excluding hydrogens is 465 g/mol. The van der Waals surface area contributed by atoms with E-state index in [-0.39, 0.29) is 37.6 Å². The van der Waals surface area contributed by atoms with E-state index in [0.717, 1.165) is 22.5 Å². The molecule has 180 valence electrons. The van der Waals surface area contributed by atoms with Crippen molar-refractivity contribution in [1.29, 1.82) is 0 Å². The zero-order valence-electron chi connectivity index (χ0n) is 18.2. The highest BCUT2D eigenvalue weighted by Crippen LogP contribution is 2.38. The number of carbonyl (C=O) groups is 1. The molecule has 3 rings (SSSR count). The number of halogens is 3. The molecule has 0 radical (unpaired) electrons. The van der Waals surface area contributed by atoms with Gasteiger partial charge < -0.3 is 19.1 Å². The Morgan fingerprint density at radius 1 is 0.909 bits per heavy atom. The second kappa shape index (κ2) is 9.48. The molecule has 0 spiro atoms. The van der Waals surface area contributed by atoms with Crippen LogP contribution in [0.25, 0.3) is 0 Å². The van der Waals surface area contributed by atoms with Crippen LogP contribution in [0.15, 0.2) is 41.3 Å². The highest BCUT2D eigenvalue weighted by atomic mass is 32.2. The molecule has 0 atom stereocenters. The molecule has 0 bridgehead atoms. The van der Waals surface area contributed by atoms with Crippen molar-refractivity contribution in [2.24, 2.45) is 0 Å². The van der Waals surface area contributed by atoms with E-state index in [2.05, 4.69) is 0 Å². The molecule has 1 saturated heterocycles. The van der Waals surface area contributed by atoms with Crippen LogP contribution in [-0.2, 0) is 16.2 Å². The number of piperazine rings is 1. The smallest absolute Gasteiger partial charge is 0.416 e. The summed E-state index contributed by atoms with van der Waals surface area (Å²) in [5.41, 5.74) is -0.779. The minimum Gasteiger partial charge on any atom is -0.493 e. The Balaban J connectivity index is 1.77. The molecule has 1 aliphatic heterocycles. The molecule has 1 aliphatic rings. The summed E-state index contributed by atoms with van der Waals surface area (Å²) in [6, 6.07) is 6.60. The van der Waals surface area contributed by atoms with Crippen molar-refractivity contribution in [2.45, 2.75) is 11.1 Å². The molecule has 2 aromatic carbocycles. The van der Waals surface area contributed by atoms with Crippen molar-refractivity contribution in [1.82, 2.24) is 9.21 Å². The number of benzene rings is 2. The maximum absolute atomic E-state index is 13.0. The number of alkyl halides is 3. The van der Waals surface area contributed by atoms with Gasteiger partial charge in [-0.05, 0) is 30.3 Å². The van der Waals surface area contributed by atoms with Crippen LogP contribution < -0.4 is 14.2 Å². The number of carbonyl (C=O) groups excluding carboxylic acids is 1.